The van der Waals surface area contributed by atoms with Gasteiger partial charge in [0.05, 0.1) is 0 Å². The quantitative estimate of drug-likeness (QED) is 0.834. The number of ether oxygens (including phenoxy) is 2. The van der Waals surface area contributed by atoms with Crippen molar-refractivity contribution in [3.8, 4) is 11.5 Å². The lowest BCUT2D eigenvalue weighted by atomic mass is 9.90. The van der Waals surface area contributed by atoms with Crippen molar-refractivity contribution in [1.29, 1.82) is 0 Å². The standard InChI is InChI=1S/C14H18N2O3/c1-14(13(15)17,16-7-9-2-3-9)10-4-5-11-12(6-10)19-8-18-11/h4-6,9,16H,2-3,7-8H2,1H3,(H2,15,17). The lowest BCUT2D eigenvalue weighted by Crippen LogP contribution is -2.51. The van der Waals surface area contributed by atoms with Gasteiger partial charge in [0.2, 0.25) is 12.7 Å². The van der Waals surface area contributed by atoms with Gasteiger partial charge in [-0.05, 0) is 49.9 Å². The molecule has 0 radical (unpaired) electrons. The molecule has 3 rings (SSSR count). The van der Waals surface area contributed by atoms with Crippen LogP contribution in [0.15, 0.2) is 18.2 Å². The van der Waals surface area contributed by atoms with E-state index < -0.39 is 5.54 Å². The van der Waals surface area contributed by atoms with Crippen LogP contribution in [-0.4, -0.2) is 19.2 Å². The second kappa shape index (κ2) is 4.42. The van der Waals surface area contributed by atoms with Crippen molar-refractivity contribution in [2.24, 2.45) is 11.7 Å². The number of benzene rings is 1. The third-order valence-electron chi connectivity index (χ3n) is 3.88. The molecular weight excluding hydrogens is 244 g/mol. The van der Waals surface area contributed by atoms with Gasteiger partial charge in [0, 0.05) is 0 Å². The van der Waals surface area contributed by atoms with Crippen LogP contribution >= 0.6 is 0 Å². The Morgan fingerprint density at radius 2 is 2.16 bits per heavy atom. The number of amides is 1. The first kappa shape index (κ1) is 12.3. The van der Waals surface area contributed by atoms with Crippen LogP contribution in [0, 0.1) is 5.92 Å². The molecule has 1 aromatic rings. The monoisotopic (exact) mass is 262 g/mol. The number of carbonyl (C=O) groups is 1. The Morgan fingerprint density at radius 3 is 2.84 bits per heavy atom. The summed E-state index contributed by atoms with van der Waals surface area (Å²) in [6.45, 7) is 2.85. The highest BCUT2D eigenvalue weighted by Crippen LogP contribution is 2.36. The molecular formula is C14H18N2O3. The second-order valence-corrected chi connectivity index (χ2v) is 5.38. The Hall–Kier alpha value is -1.75. The zero-order valence-corrected chi connectivity index (χ0v) is 10.9. The number of nitrogens with two attached hydrogens (primary N) is 1. The van der Waals surface area contributed by atoms with Crippen LogP contribution in [0.1, 0.15) is 25.3 Å². The Morgan fingerprint density at radius 1 is 1.42 bits per heavy atom. The van der Waals surface area contributed by atoms with E-state index in [9.17, 15) is 4.79 Å². The van der Waals surface area contributed by atoms with Gasteiger partial charge in [-0.2, -0.15) is 0 Å². The van der Waals surface area contributed by atoms with Gasteiger partial charge >= 0.3 is 0 Å². The number of primary amides is 1. The molecule has 0 aromatic heterocycles. The Bertz CT molecular complexity index is 513. The molecule has 1 heterocycles. The van der Waals surface area contributed by atoms with E-state index in [0.717, 1.165) is 12.1 Å². The Balaban J connectivity index is 1.87. The number of hydrogen-bond donors (Lipinski definition) is 2. The van der Waals surface area contributed by atoms with E-state index in [4.69, 9.17) is 15.2 Å². The summed E-state index contributed by atoms with van der Waals surface area (Å²) in [7, 11) is 0. The predicted molar refractivity (Wildman–Crippen MR) is 69.8 cm³/mol. The summed E-state index contributed by atoms with van der Waals surface area (Å²) >= 11 is 0. The molecule has 5 heteroatoms. The van der Waals surface area contributed by atoms with Crippen LogP contribution in [0.25, 0.3) is 0 Å². The van der Waals surface area contributed by atoms with Crippen LogP contribution in [0.5, 0.6) is 11.5 Å². The van der Waals surface area contributed by atoms with Gasteiger partial charge in [-0.15, -0.1) is 0 Å². The molecule has 2 aliphatic rings. The van der Waals surface area contributed by atoms with E-state index in [-0.39, 0.29) is 12.7 Å². The lowest BCUT2D eigenvalue weighted by Gasteiger charge is -2.28. The van der Waals surface area contributed by atoms with Gasteiger partial charge in [0.15, 0.2) is 11.5 Å². The maximum Gasteiger partial charge on any atom is 0.242 e. The van der Waals surface area contributed by atoms with Gasteiger partial charge in [-0.25, -0.2) is 0 Å². The smallest absolute Gasteiger partial charge is 0.242 e. The van der Waals surface area contributed by atoms with E-state index in [1.54, 1.807) is 0 Å². The average molecular weight is 262 g/mol. The van der Waals surface area contributed by atoms with Crippen molar-refractivity contribution in [2.45, 2.75) is 25.3 Å². The van der Waals surface area contributed by atoms with Crippen LogP contribution < -0.4 is 20.5 Å². The molecule has 1 aromatic carbocycles. The first-order valence-corrected chi connectivity index (χ1v) is 6.54. The fourth-order valence-corrected chi connectivity index (χ4v) is 2.21. The summed E-state index contributed by atoms with van der Waals surface area (Å²) in [5.74, 6) is 1.66. The minimum Gasteiger partial charge on any atom is -0.454 e. The topological polar surface area (TPSA) is 73.6 Å². The van der Waals surface area contributed by atoms with E-state index in [1.165, 1.54) is 12.8 Å². The van der Waals surface area contributed by atoms with Gasteiger partial charge in [-0.3, -0.25) is 10.1 Å². The molecule has 1 aliphatic heterocycles. The van der Waals surface area contributed by atoms with Crippen LogP contribution in [0.2, 0.25) is 0 Å². The molecule has 0 bridgehead atoms. The van der Waals surface area contributed by atoms with Crippen molar-refractivity contribution < 1.29 is 14.3 Å². The third kappa shape index (κ3) is 2.26. The molecule has 102 valence electrons. The number of carbonyl (C=O) groups excluding carboxylic acids is 1. The van der Waals surface area contributed by atoms with E-state index in [0.29, 0.717) is 17.4 Å². The molecule has 1 saturated carbocycles. The second-order valence-electron chi connectivity index (χ2n) is 5.38. The van der Waals surface area contributed by atoms with E-state index in [2.05, 4.69) is 5.32 Å². The first-order chi connectivity index (χ1) is 9.09. The highest BCUT2D eigenvalue weighted by atomic mass is 16.7. The van der Waals surface area contributed by atoms with Gasteiger partial charge < -0.3 is 15.2 Å². The lowest BCUT2D eigenvalue weighted by molar-refractivity contribution is -0.124. The average Bonchev–Trinajstić information content (AvgIpc) is 3.11. The zero-order chi connectivity index (χ0) is 13.5. The van der Waals surface area contributed by atoms with E-state index in [1.807, 2.05) is 25.1 Å². The largest absolute Gasteiger partial charge is 0.454 e. The Labute approximate surface area is 112 Å². The predicted octanol–water partition coefficient (Wildman–Crippen LogP) is 1.12. The van der Waals surface area contributed by atoms with Gasteiger partial charge in [-0.1, -0.05) is 6.07 Å². The highest BCUT2D eigenvalue weighted by Gasteiger charge is 2.36. The molecule has 5 nitrogen and oxygen atoms in total. The summed E-state index contributed by atoms with van der Waals surface area (Å²) in [6, 6.07) is 5.50. The van der Waals surface area contributed by atoms with Crippen molar-refractivity contribution >= 4 is 5.91 Å². The fourth-order valence-electron chi connectivity index (χ4n) is 2.21. The van der Waals surface area contributed by atoms with Crippen molar-refractivity contribution in [2.75, 3.05) is 13.3 Å². The van der Waals surface area contributed by atoms with Crippen LogP contribution in [0.3, 0.4) is 0 Å². The molecule has 1 unspecified atom stereocenters. The maximum atomic E-state index is 11.8. The summed E-state index contributed by atoms with van der Waals surface area (Å²) < 4.78 is 10.6. The highest BCUT2D eigenvalue weighted by molar-refractivity contribution is 5.86. The summed E-state index contributed by atoms with van der Waals surface area (Å²) in [4.78, 5) is 11.8. The number of fused-ring (bicyclic) bond motifs is 1. The van der Waals surface area contributed by atoms with Gasteiger partial charge in [0.1, 0.15) is 5.54 Å². The number of hydrogen-bond acceptors (Lipinski definition) is 4. The molecule has 19 heavy (non-hydrogen) atoms. The van der Waals surface area contributed by atoms with E-state index >= 15 is 0 Å². The molecule has 0 saturated heterocycles. The van der Waals surface area contributed by atoms with Gasteiger partial charge in [0.25, 0.3) is 0 Å². The molecule has 1 aliphatic carbocycles. The zero-order valence-electron chi connectivity index (χ0n) is 10.9. The van der Waals surface area contributed by atoms with Crippen LogP contribution in [-0.2, 0) is 10.3 Å². The summed E-state index contributed by atoms with van der Waals surface area (Å²) in [5.41, 5.74) is 5.52. The first-order valence-electron chi connectivity index (χ1n) is 6.54. The van der Waals surface area contributed by atoms with Crippen molar-refractivity contribution in [1.82, 2.24) is 5.32 Å². The fraction of sp³-hybridized carbons (Fsp3) is 0.500. The van der Waals surface area contributed by atoms with Crippen molar-refractivity contribution in [3.05, 3.63) is 23.8 Å². The molecule has 1 fully saturated rings. The SMILES string of the molecule is CC(NCC1CC1)(C(N)=O)c1ccc2c(c1)OCO2. The molecule has 0 spiro atoms. The summed E-state index contributed by atoms with van der Waals surface area (Å²) in [5, 5.41) is 3.29. The molecule has 1 atom stereocenters. The Kier molecular flexibility index (Phi) is 2.86. The van der Waals surface area contributed by atoms with Crippen LogP contribution in [0.4, 0.5) is 0 Å². The number of nitrogens with one attached hydrogen (secondary N) is 1. The number of rotatable bonds is 5. The molecule has 1 amide bonds. The normalized spacial score (nSPS) is 20.1. The summed E-state index contributed by atoms with van der Waals surface area (Å²) in [6.07, 6.45) is 2.45. The minimum atomic E-state index is -0.871. The minimum absolute atomic E-state index is 0.224. The third-order valence-corrected chi connectivity index (χ3v) is 3.88. The van der Waals surface area contributed by atoms with Crippen molar-refractivity contribution in [3.63, 3.8) is 0 Å². The maximum absolute atomic E-state index is 11.8. The molecule has 3 N–H and O–H groups in total.